The molecule has 0 bridgehead atoms. The highest BCUT2D eigenvalue weighted by Gasteiger charge is 1.36. The summed E-state index contributed by atoms with van der Waals surface area (Å²) in [5.74, 6) is 0. The van der Waals surface area contributed by atoms with Crippen LogP contribution in [0, 0.1) is 0 Å². The van der Waals surface area contributed by atoms with E-state index < -0.39 is 0 Å². The minimum Gasteiger partial charge on any atom is -0.110 e. The molecule has 0 heterocycles. The fourth-order valence-corrected chi connectivity index (χ4v) is 0. The Morgan fingerprint density at radius 3 is 2.00 bits per heavy atom. The Balaban J connectivity index is 2.55. The van der Waals surface area contributed by atoms with Crippen molar-refractivity contribution >= 4 is 14.8 Å². The maximum atomic E-state index is 2.21. The maximum absolute atomic E-state index is 2.21. The van der Waals surface area contributed by atoms with Gasteiger partial charge in [-0.2, -0.15) is 0 Å². The van der Waals surface area contributed by atoms with Gasteiger partial charge in [-0.15, -0.1) is 5.67 Å². The smallest absolute Gasteiger partial charge is 0.0156 e. The van der Waals surface area contributed by atoms with Gasteiger partial charge in [0.15, 0.2) is 0 Å². The Labute approximate surface area is 29.3 Å². The number of rotatable bonds is 0. The van der Waals surface area contributed by atoms with Gasteiger partial charge in [-0.05, 0) is 9.13 Å². The van der Waals surface area contributed by atoms with Crippen molar-refractivity contribution in [3.05, 3.63) is 0 Å². The summed E-state index contributed by atoms with van der Waals surface area (Å²) in [6.07, 6.45) is 0. The quantitative estimate of drug-likeness (QED) is 0.361. The number of hydrogen-bond donors (Lipinski definition) is 0. The summed E-state index contributed by atoms with van der Waals surface area (Å²) in [5.41, 5.74) is 2.21. The van der Waals surface area contributed by atoms with E-state index in [2.05, 4.69) is 19.1 Å². The van der Waals surface area contributed by atoms with Crippen molar-refractivity contribution in [1.29, 1.82) is 0 Å². The zero-order chi connectivity index (χ0) is 3.41. The van der Waals surface area contributed by atoms with E-state index in [4.69, 9.17) is 0 Å². The van der Waals surface area contributed by atoms with Crippen LogP contribution in [-0.2, 0) is 0 Å². The normalized spacial score (nSPS) is 9.50. The van der Waals surface area contributed by atoms with Crippen molar-refractivity contribution in [2.75, 3.05) is 0 Å². The zero-order valence-corrected chi connectivity index (χ0v) is 4.31. The number of hydrogen-bond acceptors (Lipinski definition) is 0. The van der Waals surface area contributed by atoms with Crippen LogP contribution in [0.5, 0.6) is 0 Å². The summed E-state index contributed by atoms with van der Waals surface area (Å²) in [6, 6.07) is 0. The molecule has 1 heteroatoms. The predicted octanol–water partition coefficient (Wildman–Crippen LogP) is 0.293. The molecule has 0 aromatic rings. The van der Waals surface area contributed by atoms with Crippen molar-refractivity contribution in [1.82, 2.24) is 0 Å². The molecule has 0 aliphatic rings. The van der Waals surface area contributed by atoms with E-state index in [1.807, 2.05) is 0 Å². The van der Waals surface area contributed by atoms with Gasteiger partial charge < -0.3 is 0 Å². The van der Waals surface area contributed by atoms with Crippen molar-refractivity contribution in [2.24, 2.45) is 0 Å². The molecule has 4 heavy (non-hydrogen) atoms. The monoisotopic (exact) mass is 72.0 g/mol. The Bertz CT molecular complexity index is 18.5. The molecule has 0 nitrogen and oxygen atoms in total. The molecule has 0 saturated carbocycles. The lowest BCUT2D eigenvalue weighted by molar-refractivity contribution is 2.12. The standard InChI is InChI=1S/C3H8Si/c1-3-4-2/h3-4H,1-2H3/b4-3-. The third kappa shape index (κ3) is 2.09. The van der Waals surface area contributed by atoms with Crippen LogP contribution in [0.15, 0.2) is 0 Å². The minimum absolute atomic E-state index is 0.657. The molecule has 0 N–H and O–H groups in total. The molecule has 0 fully saturated rings. The molecule has 0 aliphatic carbocycles. The highest BCUT2D eigenvalue weighted by molar-refractivity contribution is 6.44. The first kappa shape index (κ1) is 4.09. The molecule has 0 rings (SSSR count). The van der Waals surface area contributed by atoms with Crippen LogP contribution in [0.4, 0.5) is 0 Å². The van der Waals surface area contributed by atoms with Crippen molar-refractivity contribution in [2.45, 2.75) is 13.5 Å². The van der Waals surface area contributed by atoms with Gasteiger partial charge in [-0.25, -0.2) is 0 Å². The molecular formula is C3H8Si. The van der Waals surface area contributed by atoms with Gasteiger partial charge in [0.1, 0.15) is 0 Å². The second kappa shape index (κ2) is 3.09. The van der Waals surface area contributed by atoms with Gasteiger partial charge in [0.05, 0.1) is 0 Å². The molecule has 0 aliphatic heterocycles. The SMILES string of the molecule is C/C=[SiH]\C. The average molecular weight is 72.2 g/mol. The second-order valence-corrected chi connectivity index (χ2v) is 2.00. The molecule has 0 spiro atoms. The second-order valence-electron chi connectivity index (χ2n) is 0.667. The Morgan fingerprint density at radius 1 is 1.75 bits per heavy atom. The van der Waals surface area contributed by atoms with Gasteiger partial charge >= 0.3 is 0 Å². The maximum Gasteiger partial charge on any atom is -0.0156 e. The Hall–Kier alpha value is 0.0869. The predicted molar refractivity (Wildman–Crippen MR) is 24.8 cm³/mol. The van der Waals surface area contributed by atoms with Crippen LogP contribution in [0.25, 0.3) is 0 Å². The summed E-state index contributed by atoms with van der Waals surface area (Å²) in [6.45, 7) is 4.30. The fourth-order valence-electron chi connectivity index (χ4n) is 0. The molecule has 0 aromatic heterocycles. The van der Waals surface area contributed by atoms with Crippen LogP contribution < -0.4 is 0 Å². The molecule has 0 saturated heterocycles. The summed E-state index contributed by atoms with van der Waals surface area (Å²) in [4.78, 5) is 0. The summed E-state index contributed by atoms with van der Waals surface area (Å²) in [5, 5.41) is 0. The molecule has 0 aromatic carbocycles. The molecule has 0 radical (unpaired) electrons. The minimum atomic E-state index is 0.657. The van der Waals surface area contributed by atoms with Crippen LogP contribution in [0.2, 0.25) is 6.55 Å². The van der Waals surface area contributed by atoms with Crippen LogP contribution in [-0.4, -0.2) is 14.8 Å². The van der Waals surface area contributed by atoms with Crippen LogP contribution in [0.1, 0.15) is 6.92 Å². The fraction of sp³-hybridized carbons (Fsp3) is 0.667. The summed E-state index contributed by atoms with van der Waals surface area (Å²) in [7, 11) is 0.657. The van der Waals surface area contributed by atoms with E-state index in [0.29, 0.717) is 9.13 Å². The van der Waals surface area contributed by atoms with Crippen LogP contribution >= 0.6 is 0 Å². The van der Waals surface area contributed by atoms with E-state index in [-0.39, 0.29) is 0 Å². The highest BCUT2D eigenvalue weighted by atomic mass is 28.2. The molecule has 0 unspecified atom stereocenters. The van der Waals surface area contributed by atoms with E-state index in [9.17, 15) is 0 Å². The lowest BCUT2D eigenvalue weighted by atomic mass is 11.0. The van der Waals surface area contributed by atoms with Crippen LogP contribution in [0.3, 0.4) is 0 Å². The summed E-state index contributed by atoms with van der Waals surface area (Å²) >= 11 is 0. The Kier molecular flexibility index (Phi) is 3.15. The van der Waals surface area contributed by atoms with Crippen molar-refractivity contribution in [3.8, 4) is 0 Å². The molecular weight excluding hydrogens is 64.1 g/mol. The van der Waals surface area contributed by atoms with Crippen molar-refractivity contribution < 1.29 is 0 Å². The lowest BCUT2D eigenvalue weighted by Gasteiger charge is -1.47. The Morgan fingerprint density at radius 2 is 2.00 bits per heavy atom. The van der Waals surface area contributed by atoms with Gasteiger partial charge in [0.2, 0.25) is 0 Å². The molecule has 24 valence electrons. The van der Waals surface area contributed by atoms with Gasteiger partial charge in [0.25, 0.3) is 0 Å². The zero-order valence-electron chi connectivity index (χ0n) is 3.15. The molecule has 0 atom stereocenters. The summed E-state index contributed by atoms with van der Waals surface area (Å²) < 4.78 is 0. The largest absolute Gasteiger partial charge is 0.110 e. The van der Waals surface area contributed by atoms with Gasteiger partial charge in [-0.3, -0.25) is 0 Å². The topological polar surface area (TPSA) is 0 Å². The van der Waals surface area contributed by atoms with E-state index in [1.165, 1.54) is 0 Å². The average Bonchev–Trinajstić information content (AvgIpc) is 1.37. The van der Waals surface area contributed by atoms with Gasteiger partial charge in [0, 0.05) is 0 Å². The van der Waals surface area contributed by atoms with E-state index in [0.717, 1.165) is 0 Å². The molecule has 0 amide bonds. The van der Waals surface area contributed by atoms with E-state index >= 15 is 0 Å². The first-order valence-corrected chi connectivity index (χ1v) is 3.31. The van der Waals surface area contributed by atoms with Gasteiger partial charge in [-0.1, -0.05) is 13.5 Å². The van der Waals surface area contributed by atoms with E-state index in [1.54, 1.807) is 0 Å². The first-order valence-electron chi connectivity index (χ1n) is 1.49. The lowest BCUT2D eigenvalue weighted by Crippen LogP contribution is -1.60. The third-order valence-electron chi connectivity index (χ3n) is 0.333. The first-order chi connectivity index (χ1) is 1.91. The van der Waals surface area contributed by atoms with Crippen molar-refractivity contribution in [3.63, 3.8) is 0 Å². The highest BCUT2D eigenvalue weighted by Crippen LogP contribution is 1.29. The third-order valence-corrected chi connectivity index (χ3v) is 1.00.